The van der Waals surface area contributed by atoms with Crippen LogP contribution in [-0.2, 0) is 0 Å². The maximum absolute atomic E-state index is 6.57. The Morgan fingerprint density at radius 1 is 1.40 bits per heavy atom. The highest BCUT2D eigenvalue weighted by Gasteiger charge is 1.74. The van der Waals surface area contributed by atoms with Gasteiger partial charge in [-0.1, -0.05) is 19.9 Å². The van der Waals surface area contributed by atoms with Crippen LogP contribution in [0.1, 0.15) is 27.7 Å². The SMILES string of the molecule is C/C=C\C(C)=NC=N.CC. The minimum absolute atomic E-state index is 0.863. The molecule has 0 aromatic carbocycles. The van der Waals surface area contributed by atoms with Gasteiger partial charge in [-0.25, -0.2) is 4.99 Å². The molecule has 0 atom stereocenters. The first-order valence-corrected chi connectivity index (χ1v) is 3.47. The van der Waals surface area contributed by atoms with Gasteiger partial charge in [-0.2, -0.15) is 0 Å². The second-order valence-electron chi connectivity index (χ2n) is 1.40. The van der Waals surface area contributed by atoms with Crippen LogP contribution in [-0.4, -0.2) is 12.1 Å². The molecule has 0 radical (unpaired) electrons. The number of nitrogens with zero attached hydrogens (tertiary/aromatic N) is 1. The Hall–Kier alpha value is -0.920. The van der Waals surface area contributed by atoms with Gasteiger partial charge in [0.15, 0.2) is 0 Å². The van der Waals surface area contributed by atoms with Gasteiger partial charge in [-0.05, 0) is 19.9 Å². The molecule has 2 heteroatoms. The van der Waals surface area contributed by atoms with Crippen molar-refractivity contribution < 1.29 is 0 Å². The highest BCUT2D eigenvalue weighted by molar-refractivity contribution is 5.96. The molecule has 10 heavy (non-hydrogen) atoms. The number of hydrogen-bond acceptors (Lipinski definition) is 1. The fourth-order valence-corrected chi connectivity index (χ4v) is 0.386. The molecule has 0 saturated heterocycles. The highest BCUT2D eigenvalue weighted by Crippen LogP contribution is 1.76. The predicted molar refractivity (Wildman–Crippen MR) is 48.1 cm³/mol. The van der Waals surface area contributed by atoms with Crippen molar-refractivity contribution in [3.8, 4) is 0 Å². The maximum atomic E-state index is 6.57. The van der Waals surface area contributed by atoms with Gasteiger partial charge in [-0.3, -0.25) is 5.41 Å². The largest absolute Gasteiger partial charge is 0.290 e. The van der Waals surface area contributed by atoms with E-state index in [1.54, 1.807) is 0 Å². The van der Waals surface area contributed by atoms with E-state index in [0.29, 0.717) is 0 Å². The topological polar surface area (TPSA) is 36.2 Å². The second kappa shape index (κ2) is 11.0. The van der Waals surface area contributed by atoms with E-state index in [1.807, 2.05) is 39.8 Å². The molecular weight excluding hydrogens is 124 g/mol. The summed E-state index contributed by atoms with van der Waals surface area (Å²) in [5, 5.41) is 6.57. The van der Waals surface area contributed by atoms with Gasteiger partial charge in [0.2, 0.25) is 0 Å². The van der Waals surface area contributed by atoms with Crippen molar-refractivity contribution >= 4 is 12.1 Å². The van der Waals surface area contributed by atoms with Gasteiger partial charge in [0.05, 0.1) is 0 Å². The Labute approximate surface area is 63.2 Å². The molecule has 58 valence electrons. The average molecular weight is 140 g/mol. The summed E-state index contributed by atoms with van der Waals surface area (Å²) in [5.74, 6) is 0. The van der Waals surface area contributed by atoms with Crippen LogP contribution < -0.4 is 0 Å². The summed E-state index contributed by atoms with van der Waals surface area (Å²) in [6.07, 6.45) is 4.78. The zero-order valence-electron chi connectivity index (χ0n) is 7.18. The first-order valence-electron chi connectivity index (χ1n) is 3.47. The van der Waals surface area contributed by atoms with E-state index in [2.05, 4.69) is 4.99 Å². The van der Waals surface area contributed by atoms with Crippen molar-refractivity contribution in [2.45, 2.75) is 27.7 Å². The molecule has 0 saturated carbocycles. The van der Waals surface area contributed by atoms with Crippen LogP contribution in [0.5, 0.6) is 0 Å². The zero-order valence-corrected chi connectivity index (χ0v) is 7.18. The Bertz CT molecular complexity index is 123. The van der Waals surface area contributed by atoms with E-state index >= 15 is 0 Å². The normalized spacial score (nSPS) is 10.6. The van der Waals surface area contributed by atoms with E-state index in [1.165, 1.54) is 0 Å². The molecule has 0 aliphatic heterocycles. The lowest BCUT2D eigenvalue weighted by Crippen LogP contribution is -1.81. The third-order valence-corrected chi connectivity index (χ3v) is 0.676. The lowest BCUT2D eigenvalue weighted by atomic mass is 10.4. The van der Waals surface area contributed by atoms with Crippen LogP contribution in [0.4, 0.5) is 0 Å². The van der Waals surface area contributed by atoms with Crippen molar-refractivity contribution in [1.82, 2.24) is 0 Å². The lowest BCUT2D eigenvalue weighted by molar-refractivity contribution is 1.50. The quantitative estimate of drug-likeness (QED) is 0.452. The van der Waals surface area contributed by atoms with E-state index in [4.69, 9.17) is 5.41 Å². The van der Waals surface area contributed by atoms with Crippen LogP contribution in [0.2, 0.25) is 0 Å². The Balaban J connectivity index is 0. The molecule has 0 aromatic heterocycles. The molecule has 0 aromatic rings. The van der Waals surface area contributed by atoms with E-state index in [-0.39, 0.29) is 0 Å². The predicted octanol–water partition coefficient (Wildman–Crippen LogP) is 2.66. The third-order valence-electron chi connectivity index (χ3n) is 0.676. The molecule has 0 rings (SSSR count). The van der Waals surface area contributed by atoms with Gasteiger partial charge < -0.3 is 0 Å². The maximum Gasteiger partial charge on any atom is 0.107 e. The van der Waals surface area contributed by atoms with Gasteiger partial charge in [0.1, 0.15) is 6.34 Å². The van der Waals surface area contributed by atoms with Crippen molar-refractivity contribution in [1.29, 1.82) is 5.41 Å². The molecule has 0 spiro atoms. The molecule has 0 bridgehead atoms. The Morgan fingerprint density at radius 3 is 2.20 bits per heavy atom. The Morgan fingerprint density at radius 2 is 1.90 bits per heavy atom. The van der Waals surface area contributed by atoms with E-state index in [0.717, 1.165) is 12.1 Å². The molecular formula is C8H16N2. The van der Waals surface area contributed by atoms with Gasteiger partial charge in [0, 0.05) is 5.71 Å². The standard InChI is InChI=1S/C6H10N2.C2H6/c1-3-4-6(2)8-5-7;1-2/h3-5,7H,1-2H3;1-2H3/b4-3-,7-5?,8-6?;. The van der Waals surface area contributed by atoms with Crippen LogP contribution in [0.25, 0.3) is 0 Å². The monoisotopic (exact) mass is 140 g/mol. The number of rotatable bonds is 2. The summed E-state index contributed by atoms with van der Waals surface area (Å²) in [7, 11) is 0. The lowest BCUT2D eigenvalue weighted by Gasteiger charge is -1.81. The molecule has 0 unspecified atom stereocenters. The molecule has 1 N–H and O–H groups in total. The molecule has 0 fully saturated rings. The number of hydrogen-bond donors (Lipinski definition) is 1. The van der Waals surface area contributed by atoms with Crippen LogP contribution in [0.15, 0.2) is 17.1 Å². The Kier molecular flexibility index (Phi) is 13.0. The summed E-state index contributed by atoms with van der Waals surface area (Å²) in [5.41, 5.74) is 0.863. The number of aliphatic imine (C=N–C) groups is 1. The zero-order chi connectivity index (χ0) is 8.41. The first kappa shape index (κ1) is 11.8. The fourth-order valence-electron chi connectivity index (χ4n) is 0.386. The summed E-state index contributed by atoms with van der Waals surface area (Å²) in [6, 6.07) is 0. The van der Waals surface area contributed by atoms with E-state index in [9.17, 15) is 0 Å². The minimum Gasteiger partial charge on any atom is -0.290 e. The van der Waals surface area contributed by atoms with Crippen LogP contribution in [0.3, 0.4) is 0 Å². The molecule has 0 aliphatic rings. The van der Waals surface area contributed by atoms with Crippen molar-refractivity contribution in [2.24, 2.45) is 4.99 Å². The molecule has 0 aliphatic carbocycles. The van der Waals surface area contributed by atoms with Crippen molar-refractivity contribution in [3.05, 3.63) is 12.2 Å². The minimum atomic E-state index is 0.863. The average Bonchev–Trinajstić information content (AvgIpc) is 1.93. The molecule has 0 heterocycles. The fraction of sp³-hybridized carbons (Fsp3) is 0.500. The summed E-state index contributed by atoms with van der Waals surface area (Å²) in [6.45, 7) is 7.77. The first-order chi connectivity index (χ1) is 4.81. The van der Waals surface area contributed by atoms with Crippen molar-refractivity contribution in [3.63, 3.8) is 0 Å². The van der Waals surface area contributed by atoms with E-state index < -0.39 is 0 Å². The number of allylic oxidation sites excluding steroid dienone is 2. The second-order valence-corrected chi connectivity index (χ2v) is 1.40. The van der Waals surface area contributed by atoms with Crippen molar-refractivity contribution in [2.75, 3.05) is 0 Å². The van der Waals surface area contributed by atoms with Gasteiger partial charge >= 0.3 is 0 Å². The summed E-state index contributed by atoms with van der Waals surface area (Å²) in [4.78, 5) is 3.69. The summed E-state index contributed by atoms with van der Waals surface area (Å²) < 4.78 is 0. The summed E-state index contributed by atoms with van der Waals surface area (Å²) >= 11 is 0. The van der Waals surface area contributed by atoms with Gasteiger partial charge in [-0.15, -0.1) is 0 Å². The molecule has 0 amide bonds. The molecule has 2 nitrogen and oxygen atoms in total. The van der Waals surface area contributed by atoms with Crippen LogP contribution >= 0.6 is 0 Å². The number of nitrogens with one attached hydrogen (secondary N) is 1. The van der Waals surface area contributed by atoms with Crippen LogP contribution in [0, 0.1) is 5.41 Å². The van der Waals surface area contributed by atoms with Gasteiger partial charge in [0.25, 0.3) is 0 Å². The highest BCUT2D eigenvalue weighted by atomic mass is 14.7. The third kappa shape index (κ3) is 10.1. The smallest absolute Gasteiger partial charge is 0.107 e.